The fourth-order valence-corrected chi connectivity index (χ4v) is 2.63. The van der Waals surface area contributed by atoms with Gasteiger partial charge in [-0.2, -0.15) is 0 Å². The summed E-state index contributed by atoms with van der Waals surface area (Å²) in [6.45, 7) is 0.152. The van der Waals surface area contributed by atoms with E-state index < -0.39 is 0 Å². The van der Waals surface area contributed by atoms with E-state index in [2.05, 4.69) is 16.6 Å². The van der Waals surface area contributed by atoms with Gasteiger partial charge in [-0.15, -0.1) is 17.8 Å². The molecule has 1 aromatic carbocycles. The van der Waals surface area contributed by atoms with Crippen molar-refractivity contribution < 1.29 is 9.59 Å². The molecule has 5 heteroatoms. The summed E-state index contributed by atoms with van der Waals surface area (Å²) >= 11 is 1.63. The number of anilines is 1. The van der Waals surface area contributed by atoms with E-state index in [-0.39, 0.29) is 18.4 Å². The number of para-hydroxylation sites is 1. The van der Waals surface area contributed by atoms with Crippen molar-refractivity contribution in [3.05, 3.63) is 52.2 Å². The lowest BCUT2D eigenvalue weighted by Gasteiger charge is -2.10. The van der Waals surface area contributed by atoms with Gasteiger partial charge in [0.25, 0.3) is 5.91 Å². The Labute approximate surface area is 133 Å². The maximum Gasteiger partial charge on any atom is 0.254 e. The first-order valence-electron chi connectivity index (χ1n) is 6.83. The number of terminal acetylenes is 1. The van der Waals surface area contributed by atoms with E-state index >= 15 is 0 Å². The second kappa shape index (κ2) is 8.01. The second-order valence-electron chi connectivity index (χ2n) is 4.56. The van der Waals surface area contributed by atoms with Gasteiger partial charge in [-0.3, -0.25) is 9.59 Å². The Hall–Kier alpha value is -2.58. The number of thiophene rings is 1. The Bertz CT molecular complexity index is 687. The molecular weight excluding hydrogens is 296 g/mol. The van der Waals surface area contributed by atoms with Crippen LogP contribution in [-0.4, -0.2) is 18.4 Å². The highest BCUT2D eigenvalue weighted by molar-refractivity contribution is 7.09. The van der Waals surface area contributed by atoms with Gasteiger partial charge >= 0.3 is 0 Å². The SMILES string of the molecule is C#CCNC(=O)c1ccccc1NC(=O)CCc1cccs1. The van der Waals surface area contributed by atoms with Gasteiger partial charge in [-0.05, 0) is 30.0 Å². The molecule has 0 aliphatic rings. The number of carbonyl (C=O) groups is 2. The van der Waals surface area contributed by atoms with Crippen LogP contribution in [-0.2, 0) is 11.2 Å². The summed E-state index contributed by atoms with van der Waals surface area (Å²) in [6.07, 6.45) is 6.19. The lowest BCUT2D eigenvalue weighted by molar-refractivity contribution is -0.116. The van der Waals surface area contributed by atoms with Crippen molar-refractivity contribution in [1.29, 1.82) is 0 Å². The minimum atomic E-state index is -0.299. The number of rotatable bonds is 6. The zero-order chi connectivity index (χ0) is 15.8. The van der Waals surface area contributed by atoms with Crippen LogP contribution in [0.4, 0.5) is 5.69 Å². The predicted molar refractivity (Wildman–Crippen MR) is 88.9 cm³/mol. The van der Waals surface area contributed by atoms with Gasteiger partial charge in [0.1, 0.15) is 0 Å². The van der Waals surface area contributed by atoms with E-state index in [1.807, 2.05) is 17.5 Å². The molecule has 0 aliphatic carbocycles. The molecule has 0 radical (unpaired) electrons. The standard InChI is InChI=1S/C17H16N2O2S/c1-2-11-18-17(21)14-7-3-4-8-15(14)19-16(20)10-9-13-6-5-12-22-13/h1,3-8,12H,9-11H2,(H,18,21)(H,19,20). The highest BCUT2D eigenvalue weighted by Crippen LogP contribution is 2.16. The fraction of sp³-hybridized carbons (Fsp3) is 0.176. The Morgan fingerprint density at radius 3 is 2.73 bits per heavy atom. The number of aryl methyl sites for hydroxylation is 1. The van der Waals surface area contributed by atoms with Crippen LogP contribution < -0.4 is 10.6 Å². The molecule has 2 amide bonds. The van der Waals surface area contributed by atoms with Gasteiger partial charge in [-0.25, -0.2) is 0 Å². The van der Waals surface area contributed by atoms with E-state index in [1.165, 1.54) is 0 Å². The van der Waals surface area contributed by atoms with Gasteiger partial charge < -0.3 is 10.6 Å². The molecule has 2 aromatic rings. The van der Waals surface area contributed by atoms with Crippen LogP contribution in [0.25, 0.3) is 0 Å². The summed E-state index contributed by atoms with van der Waals surface area (Å²) in [6, 6.07) is 10.8. The van der Waals surface area contributed by atoms with Crippen LogP contribution in [0.15, 0.2) is 41.8 Å². The number of carbonyl (C=O) groups excluding carboxylic acids is 2. The molecule has 112 valence electrons. The molecule has 0 fully saturated rings. The van der Waals surface area contributed by atoms with Gasteiger partial charge in [0.2, 0.25) is 5.91 Å². The van der Waals surface area contributed by atoms with Crippen molar-refractivity contribution >= 4 is 28.8 Å². The minimum Gasteiger partial charge on any atom is -0.341 e. The van der Waals surface area contributed by atoms with Crippen molar-refractivity contribution in [2.75, 3.05) is 11.9 Å². The fourth-order valence-electron chi connectivity index (χ4n) is 1.92. The van der Waals surface area contributed by atoms with Crippen LogP contribution >= 0.6 is 11.3 Å². The molecule has 22 heavy (non-hydrogen) atoms. The summed E-state index contributed by atoms with van der Waals surface area (Å²) < 4.78 is 0. The van der Waals surface area contributed by atoms with E-state index in [1.54, 1.807) is 35.6 Å². The third kappa shape index (κ3) is 4.47. The van der Waals surface area contributed by atoms with Crippen LogP contribution in [0.1, 0.15) is 21.7 Å². The summed E-state index contributed by atoms with van der Waals surface area (Å²) in [5, 5.41) is 7.36. The second-order valence-corrected chi connectivity index (χ2v) is 5.59. The third-order valence-electron chi connectivity index (χ3n) is 2.98. The summed E-state index contributed by atoms with van der Waals surface area (Å²) in [5.41, 5.74) is 0.899. The molecule has 2 N–H and O–H groups in total. The topological polar surface area (TPSA) is 58.2 Å². The maximum absolute atomic E-state index is 12.0. The summed E-state index contributed by atoms with van der Waals surface area (Å²) in [4.78, 5) is 25.2. The van der Waals surface area contributed by atoms with E-state index in [0.29, 0.717) is 24.1 Å². The van der Waals surface area contributed by atoms with Crippen LogP contribution in [0, 0.1) is 12.3 Å². The van der Waals surface area contributed by atoms with Gasteiger partial charge in [0.15, 0.2) is 0 Å². The number of amides is 2. The molecule has 0 saturated heterocycles. The largest absolute Gasteiger partial charge is 0.341 e. The predicted octanol–water partition coefficient (Wildman–Crippen LogP) is 2.68. The van der Waals surface area contributed by atoms with Gasteiger partial charge in [-0.1, -0.05) is 24.1 Å². The number of nitrogens with one attached hydrogen (secondary N) is 2. The van der Waals surface area contributed by atoms with E-state index in [4.69, 9.17) is 6.42 Å². The van der Waals surface area contributed by atoms with Gasteiger partial charge in [0, 0.05) is 11.3 Å². The monoisotopic (exact) mass is 312 g/mol. The molecule has 1 heterocycles. The molecule has 4 nitrogen and oxygen atoms in total. The summed E-state index contributed by atoms with van der Waals surface area (Å²) in [7, 11) is 0. The molecule has 0 aliphatic heterocycles. The van der Waals surface area contributed by atoms with Crippen LogP contribution in [0.3, 0.4) is 0 Å². The minimum absolute atomic E-state index is 0.120. The normalized spacial score (nSPS) is 9.77. The molecular formula is C17H16N2O2S. The Kier molecular flexibility index (Phi) is 5.75. The Morgan fingerprint density at radius 1 is 1.18 bits per heavy atom. The molecule has 0 unspecified atom stereocenters. The highest BCUT2D eigenvalue weighted by Gasteiger charge is 2.12. The molecule has 0 spiro atoms. The zero-order valence-corrected chi connectivity index (χ0v) is 12.8. The first-order valence-corrected chi connectivity index (χ1v) is 7.71. The van der Waals surface area contributed by atoms with E-state index in [0.717, 1.165) is 4.88 Å². The molecule has 0 bridgehead atoms. The molecule has 0 saturated carbocycles. The lowest BCUT2D eigenvalue weighted by atomic mass is 10.1. The van der Waals surface area contributed by atoms with Crippen LogP contribution in [0.2, 0.25) is 0 Å². The Morgan fingerprint density at radius 2 is 2.00 bits per heavy atom. The summed E-state index contributed by atoms with van der Waals surface area (Å²) in [5.74, 6) is 1.93. The Balaban J connectivity index is 1.98. The molecule has 2 rings (SSSR count). The number of hydrogen-bond donors (Lipinski definition) is 2. The lowest BCUT2D eigenvalue weighted by Crippen LogP contribution is -2.25. The van der Waals surface area contributed by atoms with Crippen molar-refractivity contribution in [3.63, 3.8) is 0 Å². The van der Waals surface area contributed by atoms with Crippen molar-refractivity contribution in [2.24, 2.45) is 0 Å². The quantitative estimate of drug-likeness (QED) is 0.806. The third-order valence-corrected chi connectivity index (χ3v) is 3.91. The first kappa shape index (κ1) is 15.8. The van der Waals surface area contributed by atoms with Crippen molar-refractivity contribution in [2.45, 2.75) is 12.8 Å². The van der Waals surface area contributed by atoms with Crippen LogP contribution in [0.5, 0.6) is 0 Å². The maximum atomic E-state index is 12.0. The average molecular weight is 312 g/mol. The zero-order valence-electron chi connectivity index (χ0n) is 12.0. The first-order chi connectivity index (χ1) is 10.7. The smallest absolute Gasteiger partial charge is 0.254 e. The van der Waals surface area contributed by atoms with Crippen molar-refractivity contribution in [3.8, 4) is 12.3 Å². The van der Waals surface area contributed by atoms with E-state index in [9.17, 15) is 9.59 Å². The highest BCUT2D eigenvalue weighted by atomic mass is 32.1. The number of benzene rings is 1. The molecule has 1 aromatic heterocycles. The molecule has 0 atom stereocenters. The number of hydrogen-bond acceptors (Lipinski definition) is 3. The van der Waals surface area contributed by atoms with Gasteiger partial charge in [0.05, 0.1) is 17.8 Å². The average Bonchev–Trinajstić information content (AvgIpc) is 3.04. The van der Waals surface area contributed by atoms with Crippen molar-refractivity contribution in [1.82, 2.24) is 5.32 Å².